The fourth-order valence-corrected chi connectivity index (χ4v) is 1.42. The average molecular weight is 246 g/mol. The zero-order valence-electron chi connectivity index (χ0n) is 10.2. The average Bonchev–Trinajstić information content (AvgIpc) is 2.75. The van der Waals surface area contributed by atoms with Crippen molar-refractivity contribution in [1.82, 2.24) is 19.7 Å². The van der Waals surface area contributed by atoms with E-state index in [0.717, 1.165) is 6.54 Å². The van der Waals surface area contributed by atoms with Crippen LogP contribution >= 0.6 is 0 Å². The summed E-state index contributed by atoms with van der Waals surface area (Å²) in [7, 11) is 1.78. The van der Waals surface area contributed by atoms with Crippen LogP contribution in [0, 0.1) is 0 Å². The Morgan fingerprint density at radius 3 is 2.89 bits per heavy atom. The minimum Gasteiger partial charge on any atom is -0.369 e. The molecule has 0 atom stereocenters. The van der Waals surface area contributed by atoms with E-state index in [1.54, 1.807) is 30.3 Å². The molecule has 7 nitrogen and oxygen atoms in total. The minimum absolute atomic E-state index is 0.261. The number of carbonyl (C=O) groups excluding carboxylic acids is 1. The molecule has 0 bridgehead atoms. The van der Waals surface area contributed by atoms with Gasteiger partial charge in [-0.05, 0) is 6.92 Å². The Labute approximate surface area is 104 Å². The van der Waals surface area contributed by atoms with Crippen molar-refractivity contribution >= 4 is 17.4 Å². The molecule has 0 unspecified atom stereocenters. The van der Waals surface area contributed by atoms with Crippen LogP contribution in [0.4, 0.5) is 11.5 Å². The molecule has 2 rings (SSSR count). The van der Waals surface area contributed by atoms with Crippen molar-refractivity contribution in [3.05, 3.63) is 30.5 Å². The third-order valence-electron chi connectivity index (χ3n) is 2.19. The number of anilines is 2. The highest BCUT2D eigenvalue weighted by Gasteiger charge is 2.09. The van der Waals surface area contributed by atoms with Gasteiger partial charge in [-0.25, -0.2) is 4.98 Å². The number of carbonyl (C=O) groups is 1. The van der Waals surface area contributed by atoms with Crippen molar-refractivity contribution in [2.75, 3.05) is 17.2 Å². The number of nitrogens with zero attached hydrogens (tertiary/aromatic N) is 4. The Morgan fingerprint density at radius 2 is 2.22 bits per heavy atom. The third kappa shape index (κ3) is 2.82. The van der Waals surface area contributed by atoms with Gasteiger partial charge in [0, 0.05) is 19.8 Å². The zero-order chi connectivity index (χ0) is 13.0. The van der Waals surface area contributed by atoms with E-state index in [0.29, 0.717) is 11.5 Å². The highest BCUT2D eigenvalue weighted by atomic mass is 16.1. The minimum atomic E-state index is -0.310. The van der Waals surface area contributed by atoms with Gasteiger partial charge in [-0.3, -0.25) is 14.5 Å². The molecule has 0 aliphatic heterocycles. The van der Waals surface area contributed by atoms with Gasteiger partial charge < -0.3 is 10.6 Å². The molecule has 94 valence electrons. The van der Waals surface area contributed by atoms with Crippen LogP contribution in [-0.4, -0.2) is 32.2 Å². The molecular weight excluding hydrogens is 232 g/mol. The molecule has 0 aliphatic rings. The summed E-state index contributed by atoms with van der Waals surface area (Å²) in [5.41, 5.74) is 0.885. The lowest BCUT2D eigenvalue weighted by Crippen LogP contribution is -2.14. The van der Waals surface area contributed by atoms with Gasteiger partial charge in [0.2, 0.25) is 0 Å². The van der Waals surface area contributed by atoms with Crippen molar-refractivity contribution in [3.8, 4) is 0 Å². The largest absolute Gasteiger partial charge is 0.369 e. The molecular formula is C11H14N6O. The first-order valence-corrected chi connectivity index (χ1v) is 5.55. The summed E-state index contributed by atoms with van der Waals surface area (Å²) in [5.74, 6) is 0.270. The Balaban J connectivity index is 2.11. The van der Waals surface area contributed by atoms with Gasteiger partial charge in [-0.15, -0.1) is 0 Å². The van der Waals surface area contributed by atoms with Crippen molar-refractivity contribution in [3.63, 3.8) is 0 Å². The molecule has 0 aliphatic carbocycles. The number of rotatable bonds is 4. The molecule has 2 aromatic heterocycles. The Kier molecular flexibility index (Phi) is 3.52. The van der Waals surface area contributed by atoms with E-state index < -0.39 is 0 Å². The summed E-state index contributed by atoms with van der Waals surface area (Å²) in [6.07, 6.45) is 6.27. The van der Waals surface area contributed by atoms with E-state index in [9.17, 15) is 4.79 Å². The van der Waals surface area contributed by atoms with E-state index in [1.807, 2.05) is 6.92 Å². The molecule has 7 heteroatoms. The van der Waals surface area contributed by atoms with Crippen LogP contribution in [0.1, 0.15) is 17.4 Å². The topological polar surface area (TPSA) is 84.7 Å². The van der Waals surface area contributed by atoms with Crippen molar-refractivity contribution in [1.29, 1.82) is 0 Å². The monoisotopic (exact) mass is 246 g/mol. The second-order valence-corrected chi connectivity index (χ2v) is 3.68. The van der Waals surface area contributed by atoms with E-state index in [-0.39, 0.29) is 11.6 Å². The SMILES string of the molecule is CCNc1cncc(C(=O)Nc2cnn(C)c2)n1. The van der Waals surface area contributed by atoms with Crippen LogP contribution in [0.5, 0.6) is 0 Å². The van der Waals surface area contributed by atoms with E-state index in [4.69, 9.17) is 0 Å². The fourth-order valence-electron chi connectivity index (χ4n) is 1.42. The number of hydrogen-bond donors (Lipinski definition) is 2. The standard InChI is InChI=1S/C11H14N6O/c1-3-13-10-6-12-5-9(16-10)11(18)15-8-4-14-17(2)7-8/h4-7H,3H2,1-2H3,(H,13,16)(H,15,18). The smallest absolute Gasteiger partial charge is 0.276 e. The van der Waals surface area contributed by atoms with Crippen molar-refractivity contribution in [2.24, 2.45) is 7.05 Å². The predicted octanol–water partition coefficient (Wildman–Crippen LogP) is 0.894. The maximum absolute atomic E-state index is 11.9. The van der Waals surface area contributed by atoms with Gasteiger partial charge in [-0.1, -0.05) is 0 Å². The number of hydrogen-bond acceptors (Lipinski definition) is 5. The first-order chi connectivity index (χ1) is 8.69. The summed E-state index contributed by atoms with van der Waals surface area (Å²) in [5, 5.41) is 9.66. The molecule has 0 saturated heterocycles. The number of amides is 1. The molecule has 0 saturated carbocycles. The lowest BCUT2D eigenvalue weighted by Gasteiger charge is -2.04. The van der Waals surface area contributed by atoms with Crippen LogP contribution < -0.4 is 10.6 Å². The quantitative estimate of drug-likeness (QED) is 0.837. The summed E-state index contributed by atoms with van der Waals surface area (Å²) < 4.78 is 1.61. The summed E-state index contributed by atoms with van der Waals surface area (Å²) in [6.45, 7) is 2.67. The van der Waals surface area contributed by atoms with Crippen LogP contribution in [0.3, 0.4) is 0 Å². The van der Waals surface area contributed by atoms with Crippen molar-refractivity contribution < 1.29 is 4.79 Å². The van der Waals surface area contributed by atoms with Gasteiger partial charge >= 0.3 is 0 Å². The van der Waals surface area contributed by atoms with Crippen LogP contribution in [0.2, 0.25) is 0 Å². The summed E-state index contributed by atoms with van der Waals surface area (Å²) in [4.78, 5) is 20.0. The Bertz CT molecular complexity index is 550. The number of aromatic nitrogens is 4. The van der Waals surface area contributed by atoms with Gasteiger partial charge in [0.15, 0.2) is 0 Å². The molecule has 1 amide bonds. The molecule has 0 fully saturated rings. The number of nitrogens with one attached hydrogen (secondary N) is 2. The van der Waals surface area contributed by atoms with E-state index in [2.05, 4.69) is 25.7 Å². The van der Waals surface area contributed by atoms with Gasteiger partial charge in [0.25, 0.3) is 5.91 Å². The van der Waals surface area contributed by atoms with Gasteiger partial charge in [0.05, 0.1) is 24.3 Å². The van der Waals surface area contributed by atoms with Crippen LogP contribution in [0.15, 0.2) is 24.8 Å². The lowest BCUT2D eigenvalue weighted by molar-refractivity contribution is 0.102. The summed E-state index contributed by atoms with van der Waals surface area (Å²) in [6, 6.07) is 0. The van der Waals surface area contributed by atoms with Gasteiger partial charge in [0.1, 0.15) is 11.5 Å². The first-order valence-electron chi connectivity index (χ1n) is 5.55. The van der Waals surface area contributed by atoms with E-state index in [1.165, 1.54) is 6.20 Å². The first kappa shape index (κ1) is 12.0. The Morgan fingerprint density at radius 1 is 1.39 bits per heavy atom. The predicted molar refractivity (Wildman–Crippen MR) is 67.4 cm³/mol. The molecule has 2 aromatic rings. The summed E-state index contributed by atoms with van der Waals surface area (Å²) >= 11 is 0. The zero-order valence-corrected chi connectivity index (χ0v) is 10.2. The maximum atomic E-state index is 11.9. The molecule has 0 spiro atoms. The molecule has 0 radical (unpaired) electrons. The second-order valence-electron chi connectivity index (χ2n) is 3.68. The second kappa shape index (κ2) is 5.26. The van der Waals surface area contributed by atoms with Crippen molar-refractivity contribution in [2.45, 2.75) is 6.92 Å². The third-order valence-corrected chi connectivity index (χ3v) is 2.19. The number of aryl methyl sites for hydroxylation is 1. The Hall–Kier alpha value is -2.44. The lowest BCUT2D eigenvalue weighted by atomic mass is 10.4. The maximum Gasteiger partial charge on any atom is 0.276 e. The van der Waals surface area contributed by atoms with Gasteiger partial charge in [-0.2, -0.15) is 5.10 Å². The molecule has 0 aromatic carbocycles. The van der Waals surface area contributed by atoms with Crippen LogP contribution in [0.25, 0.3) is 0 Å². The highest BCUT2D eigenvalue weighted by molar-refractivity contribution is 6.02. The normalized spacial score (nSPS) is 10.1. The van der Waals surface area contributed by atoms with Crippen LogP contribution in [-0.2, 0) is 7.05 Å². The molecule has 2 N–H and O–H groups in total. The molecule has 18 heavy (non-hydrogen) atoms. The fraction of sp³-hybridized carbons (Fsp3) is 0.273. The van der Waals surface area contributed by atoms with E-state index >= 15 is 0 Å². The highest BCUT2D eigenvalue weighted by Crippen LogP contribution is 2.07. The molecule has 2 heterocycles.